The molecule has 2 atom stereocenters. The van der Waals surface area contributed by atoms with Crippen molar-refractivity contribution in [2.24, 2.45) is 5.92 Å². The monoisotopic (exact) mass is 204 g/mol. The van der Waals surface area contributed by atoms with Gasteiger partial charge in [0.05, 0.1) is 0 Å². The first kappa shape index (κ1) is 9.16. The molecule has 1 N–H and O–H groups in total. The molecule has 3 heterocycles. The van der Waals surface area contributed by atoms with Gasteiger partial charge in [0.1, 0.15) is 0 Å². The summed E-state index contributed by atoms with van der Waals surface area (Å²) in [5, 5.41) is 3.45. The summed E-state index contributed by atoms with van der Waals surface area (Å²) in [4.78, 5) is 12.0. The Morgan fingerprint density at radius 1 is 1.40 bits per heavy atom. The van der Waals surface area contributed by atoms with Crippen LogP contribution in [0.5, 0.6) is 0 Å². The summed E-state index contributed by atoms with van der Waals surface area (Å²) >= 11 is 0. The lowest BCUT2D eigenvalue weighted by Gasteiger charge is -2.37. The summed E-state index contributed by atoms with van der Waals surface area (Å²) in [6.07, 6.45) is 1.25. The fourth-order valence-corrected chi connectivity index (χ4v) is 2.90. The maximum atomic E-state index is 12.0. The maximum absolute atomic E-state index is 12.0. The van der Waals surface area contributed by atoms with Crippen LogP contribution in [0.15, 0.2) is 16.9 Å². The number of nitrogens with one attached hydrogen (secondary N) is 1. The number of nitrogens with zero attached hydrogens (tertiary/aromatic N) is 1. The van der Waals surface area contributed by atoms with E-state index in [9.17, 15) is 4.79 Å². The number of aromatic nitrogens is 1. The van der Waals surface area contributed by atoms with E-state index in [1.54, 1.807) is 0 Å². The van der Waals surface area contributed by atoms with E-state index in [4.69, 9.17) is 0 Å². The number of pyridine rings is 1. The molecule has 0 spiro atoms. The fraction of sp³-hybridized carbons (Fsp3) is 0.583. The first-order valence-corrected chi connectivity index (χ1v) is 5.67. The normalized spacial score (nSPS) is 28.6. The van der Waals surface area contributed by atoms with Crippen molar-refractivity contribution >= 4 is 0 Å². The zero-order valence-corrected chi connectivity index (χ0v) is 8.99. The van der Waals surface area contributed by atoms with Crippen molar-refractivity contribution in [2.45, 2.75) is 25.8 Å². The van der Waals surface area contributed by atoms with Crippen molar-refractivity contribution in [1.29, 1.82) is 0 Å². The van der Waals surface area contributed by atoms with Crippen molar-refractivity contribution in [3.8, 4) is 0 Å². The van der Waals surface area contributed by atoms with E-state index in [1.165, 1.54) is 12.1 Å². The molecule has 2 bridgehead atoms. The molecule has 1 aromatic heterocycles. The van der Waals surface area contributed by atoms with Crippen molar-refractivity contribution < 1.29 is 0 Å². The molecule has 0 aliphatic carbocycles. The van der Waals surface area contributed by atoms with Crippen LogP contribution in [0.3, 0.4) is 0 Å². The van der Waals surface area contributed by atoms with Gasteiger partial charge in [0.15, 0.2) is 0 Å². The molecule has 80 valence electrons. The third kappa shape index (κ3) is 1.34. The SMILES string of the molecule is Cc1ccc2n(c1=O)CC1CNCC2C1. The standard InChI is InChI=1S/C12H16N2O/c1-8-2-3-11-10-4-9(5-13-6-10)7-14(11)12(8)15/h2-3,9-10,13H,4-7H2,1H3. The molecule has 2 aliphatic rings. The average molecular weight is 204 g/mol. The second-order valence-corrected chi connectivity index (χ2v) is 4.81. The molecule has 0 aromatic carbocycles. The highest BCUT2D eigenvalue weighted by Gasteiger charge is 2.30. The van der Waals surface area contributed by atoms with E-state index in [-0.39, 0.29) is 5.56 Å². The lowest BCUT2D eigenvalue weighted by molar-refractivity contribution is 0.257. The predicted molar refractivity (Wildman–Crippen MR) is 59.2 cm³/mol. The first-order valence-electron chi connectivity index (χ1n) is 5.67. The van der Waals surface area contributed by atoms with Gasteiger partial charge in [-0.15, -0.1) is 0 Å². The van der Waals surface area contributed by atoms with Gasteiger partial charge >= 0.3 is 0 Å². The van der Waals surface area contributed by atoms with Crippen LogP contribution in [0.25, 0.3) is 0 Å². The summed E-state index contributed by atoms with van der Waals surface area (Å²) in [7, 11) is 0. The van der Waals surface area contributed by atoms with Gasteiger partial charge in [-0.3, -0.25) is 4.79 Å². The summed E-state index contributed by atoms with van der Waals surface area (Å²) in [6.45, 7) is 4.90. The van der Waals surface area contributed by atoms with Gasteiger partial charge < -0.3 is 9.88 Å². The number of aryl methyl sites for hydroxylation is 1. The lowest BCUT2D eigenvalue weighted by Crippen LogP contribution is -2.45. The Hall–Kier alpha value is -1.09. The Balaban J connectivity index is 2.17. The van der Waals surface area contributed by atoms with Crippen molar-refractivity contribution in [3.05, 3.63) is 33.7 Å². The third-order valence-electron chi connectivity index (χ3n) is 3.70. The van der Waals surface area contributed by atoms with Gasteiger partial charge in [-0.05, 0) is 31.9 Å². The Morgan fingerprint density at radius 3 is 3.13 bits per heavy atom. The molecular formula is C12H16N2O. The van der Waals surface area contributed by atoms with Crippen LogP contribution in [0.4, 0.5) is 0 Å². The van der Waals surface area contributed by atoms with Gasteiger partial charge in [0, 0.05) is 30.3 Å². The van der Waals surface area contributed by atoms with Gasteiger partial charge in [0.25, 0.3) is 5.56 Å². The number of rotatable bonds is 0. The summed E-state index contributed by atoms with van der Waals surface area (Å²) in [6, 6.07) is 4.09. The topological polar surface area (TPSA) is 34.0 Å². The van der Waals surface area contributed by atoms with E-state index >= 15 is 0 Å². The van der Waals surface area contributed by atoms with E-state index in [0.29, 0.717) is 11.8 Å². The maximum Gasteiger partial charge on any atom is 0.253 e. The van der Waals surface area contributed by atoms with Gasteiger partial charge in [-0.1, -0.05) is 6.07 Å². The van der Waals surface area contributed by atoms with Crippen LogP contribution in [0.1, 0.15) is 23.6 Å². The van der Waals surface area contributed by atoms with Crippen LogP contribution in [0, 0.1) is 12.8 Å². The Kier molecular flexibility index (Phi) is 1.96. The van der Waals surface area contributed by atoms with Gasteiger partial charge in [-0.2, -0.15) is 0 Å². The smallest absolute Gasteiger partial charge is 0.253 e. The molecule has 3 heteroatoms. The van der Waals surface area contributed by atoms with Crippen LogP contribution in [-0.2, 0) is 6.54 Å². The minimum Gasteiger partial charge on any atom is -0.316 e. The Bertz CT molecular complexity index is 449. The largest absolute Gasteiger partial charge is 0.316 e. The van der Waals surface area contributed by atoms with Crippen LogP contribution in [-0.4, -0.2) is 17.7 Å². The quantitative estimate of drug-likeness (QED) is 0.680. The summed E-state index contributed by atoms with van der Waals surface area (Å²) in [5.74, 6) is 1.20. The zero-order valence-electron chi connectivity index (χ0n) is 8.99. The van der Waals surface area contributed by atoms with E-state index in [2.05, 4.69) is 11.4 Å². The molecular weight excluding hydrogens is 188 g/mol. The minimum atomic E-state index is 0.212. The van der Waals surface area contributed by atoms with Crippen LogP contribution >= 0.6 is 0 Å². The van der Waals surface area contributed by atoms with Crippen molar-refractivity contribution in [1.82, 2.24) is 9.88 Å². The highest BCUT2D eigenvalue weighted by Crippen LogP contribution is 2.31. The molecule has 3 rings (SSSR count). The van der Waals surface area contributed by atoms with Crippen LogP contribution in [0.2, 0.25) is 0 Å². The Morgan fingerprint density at radius 2 is 2.27 bits per heavy atom. The molecule has 2 aliphatic heterocycles. The fourth-order valence-electron chi connectivity index (χ4n) is 2.90. The van der Waals surface area contributed by atoms with Crippen molar-refractivity contribution in [2.75, 3.05) is 13.1 Å². The molecule has 1 aromatic rings. The van der Waals surface area contributed by atoms with E-state index < -0.39 is 0 Å². The lowest BCUT2D eigenvalue weighted by atomic mass is 9.84. The van der Waals surface area contributed by atoms with Crippen molar-refractivity contribution in [3.63, 3.8) is 0 Å². The highest BCUT2D eigenvalue weighted by molar-refractivity contribution is 5.21. The highest BCUT2D eigenvalue weighted by atomic mass is 16.1. The van der Waals surface area contributed by atoms with E-state index in [0.717, 1.165) is 25.2 Å². The summed E-state index contributed by atoms with van der Waals surface area (Å²) in [5.41, 5.74) is 2.31. The molecule has 0 saturated carbocycles. The summed E-state index contributed by atoms with van der Waals surface area (Å²) < 4.78 is 2.00. The molecule has 1 saturated heterocycles. The van der Waals surface area contributed by atoms with Crippen LogP contribution < -0.4 is 10.9 Å². The van der Waals surface area contributed by atoms with E-state index in [1.807, 2.05) is 17.6 Å². The molecule has 0 amide bonds. The number of hydrogen-bond donors (Lipinski definition) is 1. The zero-order chi connectivity index (χ0) is 10.4. The molecule has 3 nitrogen and oxygen atoms in total. The first-order chi connectivity index (χ1) is 7.25. The third-order valence-corrected chi connectivity index (χ3v) is 3.70. The number of piperidine rings is 1. The molecule has 15 heavy (non-hydrogen) atoms. The molecule has 0 radical (unpaired) electrons. The van der Waals surface area contributed by atoms with Gasteiger partial charge in [-0.25, -0.2) is 0 Å². The second-order valence-electron chi connectivity index (χ2n) is 4.81. The molecule has 2 unspecified atom stereocenters. The number of hydrogen-bond acceptors (Lipinski definition) is 2. The second kappa shape index (κ2) is 3.20. The predicted octanol–water partition coefficient (Wildman–Crippen LogP) is 0.863. The Labute approximate surface area is 89.1 Å². The van der Waals surface area contributed by atoms with Gasteiger partial charge in [0.2, 0.25) is 0 Å². The average Bonchev–Trinajstić information content (AvgIpc) is 2.25. The molecule has 1 fully saturated rings. The number of fused-ring (bicyclic) bond motifs is 4. The minimum absolute atomic E-state index is 0.212.